The van der Waals surface area contributed by atoms with Crippen LogP contribution < -0.4 is 0 Å². The molecule has 0 rings (SSSR count). The molecule has 44 valence electrons. The molecule has 0 fully saturated rings. The fourth-order valence-electron chi connectivity index (χ4n) is 0.0889. The Hall–Kier alpha value is -1.42. The molecule has 8 heavy (non-hydrogen) atoms. The lowest BCUT2D eigenvalue weighted by atomic mass is 11.3. The molecule has 0 spiro atoms. The van der Waals surface area contributed by atoms with Gasteiger partial charge in [-0.3, -0.25) is 0 Å². The second-order valence-corrected chi connectivity index (χ2v) is 0.717. The Morgan fingerprint density at radius 1 is 1.88 bits per heavy atom. The molecular formula is C2H3N3O3. The van der Waals surface area contributed by atoms with Crippen LogP contribution in [0.1, 0.15) is 0 Å². The van der Waals surface area contributed by atoms with Gasteiger partial charge in [0.2, 0.25) is 0 Å². The van der Waals surface area contributed by atoms with Crippen LogP contribution in [0.5, 0.6) is 0 Å². The molecule has 0 aliphatic carbocycles. The molecule has 0 aromatic heterocycles. The van der Waals surface area contributed by atoms with E-state index in [0.717, 1.165) is 7.11 Å². The molecule has 6 nitrogen and oxygen atoms in total. The average molecular weight is 117 g/mol. The van der Waals surface area contributed by atoms with E-state index in [2.05, 4.69) is 19.8 Å². The zero-order chi connectivity index (χ0) is 6.41. The Morgan fingerprint density at radius 2 is 2.50 bits per heavy atom. The molecule has 0 bridgehead atoms. The van der Waals surface area contributed by atoms with Crippen molar-refractivity contribution in [3.63, 3.8) is 0 Å². The van der Waals surface area contributed by atoms with Gasteiger partial charge in [-0.1, -0.05) is 0 Å². The molecule has 0 aliphatic heterocycles. The first kappa shape index (κ1) is 6.58. The van der Waals surface area contributed by atoms with Crippen molar-refractivity contribution < 1.29 is 14.4 Å². The zero-order valence-corrected chi connectivity index (χ0v) is 4.07. The molecule has 6 heteroatoms. The van der Waals surface area contributed by atoms with Gasteiger partial charge in [-0.15, -0.1) is 0 Å². The highest BCUT2D eigenvalue weighted by molar-refractivity contribution is 5.59. The average Bonchev–Trinajstić information content (AvgIpc) is 1.83. The van der Waals surface area contributed by atoms with E-state index in [-0.39, 0.29) is 0 Å². The maximum absolute atomic E-state index is 9.86. The topological polar surface area (TPSA) is 84.3 Å². The van der Waals surface area contributed by atoms with Crippen molar-refractivity contribution in [1.82, 2.24) is 0 Å². The van der Waals surface area contributed by atoms with Crippen LogP contribution >= 0.6 is 0 Å². The molecule has 0 heterocycles. The summed E-state index contributed by atoms with van der Waals surface area (Å²) in [4.78, 5) is 15.7. The van der Waals surface area contributed by atoms with Gasteiger partial charge >= 0.3 is 6.16 Å². The van der Waals surface area contributed by atoms with Crippen LogP contribution in [0.15, 0.2) is 5.28 Å². The van der Waals surface area contributed by atoms with Crippen LogP contribution in [0.2, 0.25) is 0 Å². The van der Waals surface area contributed by atoms with Gasteiger partial charge in [0.25, 0.3) is 0 Å². The summed E-state index contributed by atoms with van der Waals surface area (Å²) in [6, 6.07) is 0. The lowest BCUT2D eigenvalue weighted by Crippen LogP contribution is -1.96. The molecule has 0 aliphatic rings. The molecular weight excluding hydrogens is 114 g/mol. The summed E-state index contributed by atoms with van der Waals surface area (Å²) in [6.07, 6.45) is -1.03. The number of azide groups is 1. The fourth-order valence-corrected chi connectivity index (χ4v) is 0.0889. The molecule has 0 aromatic carbocycles. The Bertz CT molecular complexity index is 126. The van der Waals surface area contributed by atoms with Crippen molar-refractivity contribution in [3.8, 4) is 0 Å². The van der Waals surface area contributed by atoms with Gasteiger partial charge in [0.15, 0.2) is 0 Å². The first-order chi connectivity index (χ1) is 3.81. The highest BCUT2D eigenvalue weighted by atomic mass is 16.8. The van der Waals surface area contributed by atoms with Crippen molar-refractivity contribution in [3.05, 3.63) is 10.4 Å². The minimum absolute atomic E-state index is 1.03. The molecule has 0 unspecified atom stereocenters. The summed E-state index contributed by atoms with van der Waals surface area (Å²) in [7, 11) is 1.11. The van der Waals surface area contributed by atoms with E-state index in [4.69, 9.17) is 5.53 Å². The van der Waals surface area contributed by atoms with Crippen LogP contribution in [0, 0.1) is 0 Å². The smallest absolute Gasteiger partial charge is 0.437 e. The maximum atomic E-state index is 9.86. The summed E-state index contributed by atoms with van der Waals surface area (Å²) >= 11 is 0. The third kappa shape index (κ3) is 2.80. The van der Waals surface area contributed by atoms with E-state index in [1.165, 1.54) is 0 Å². The highest BCUT2D eigenvalue weighted by Crippen LogP contribution is 1.80. The summed E-state index contributed by atoms with van der Waals surface area (Å²) in [5.41, 5.74) is 7.54. The number of nitrogens with zero attached hydrogens (tertiary/aromatic N) is 3. The molecule has 0 atom stereocenters. The molecule has 0 saturated heterocycles. The third-order valence-corrected chi connectivity index (χ3v) is 0.319. The number of rotatable bonds is 1. The zero-order valence-electron chi connectivity index (χ0n) is 4.07. The lowest BCUT2D eigenvalue weighted by Gasteiger charge is -1.88. The second kappa shape index (κ2) is 3.76. The number of hydrogen-bond acceptors (Lipinski definition) is 4. The largest absolute Gasteiger partial charge is 0.520 e. The van der Waals surface area contributed by atoms with E-state index in [1.807, 2.05) is 0 Å². The lowest BCUT2D eigenvalue weighted by molar-refractivity contribution is 0.0733. The fraction of sp³-hybridized carbons (Fsp3) is 0.500. The highest BCUT2D eigenvalue weighted by Gasteiger charge is 1.93. The van der Waals surface area contributed by atoms with Crippen molar-refractivity contribution in [2.24, 2.45) is 5.28 Å². The Morgan fingerprint density at radius 3 is 2.88 bits per heavy atom. The van der Waals surface area contributed by atoms with E-state index in [9.17, 15) is 4.79 Å². The van der Waals surface area contributed by atoms with Crippen molar-refractivity contribution in [2.75, 3.05) is 7.11 Å². The van der Waals surface area contributed by atoms with E-state index in [1.54, 1.807) is 0 Å². The van der Waals surface area contributed by atoms with Gasteiger partial charge in [0.05, 0.1) is 7.11 Å². The maximum Gasteiger partial charge on any atom is 0.520 e. The minimum Gasteiger partial charge on any atom is -0.437 e. The summed E-state index contributed by atoms with van der Waals surface area (Å²) in [5, 5.41) is 2.45. The standard InChI is InChI=1S/C2H3N3O3/c1-7-2(6)8-5-4-3/h1H3. The molecule has 0 saturated carbocycles. The first-order valence-corrected chi connectivity index (χ1v) is 1.60. The quantitative estimate of drug-likeness (QED) is 0.169. The molecule has 0 aromatic rings. The van der Waals surface area contributed by atoms with Crippen molar-refractivity contribution >= 4 is 6.16 Å². The summed E-state index contributed by atoms with van der Waals surface area (Å²) in [5.74, 6) is 0. The van der Waals surface area contributed by atoms with Gasteiger partial charge in [0.1, 0.15) is 5.28 Å². The predicted molar refractivity (Wildman–Crippen MR) is 22.6 cm³/mol. The Labute approximate surface area is 44.6 Å². The number of carbonyl (C=O) groups excluding carboxylic acids is 1. The SMILES string of the molecule is COC(=O)ON=[N+]=[N-]. The van der Waals surface area contributed by atoms with E-state index >= 15 is 0 Å². The van der Waals surface area contributed by atoms with Gasteiger partial charge < -0.3 is 9.57 Å². The van der Waals surface area contributed by atoms with Crippen molar-refractivity contribution in [2.45, 2.75) is 0 Å². The number of hydrogen-bond donors (Lipinski definition) is 0. The van der Waals surface area contributed by atoms with Crippen LogP contribution in [-0.4, -0.2) is 13.3 Å². The molecule has 0 amide bonds. The summed E-state index contributed by atoms with van der Waals surface area (Å²) in [6.45, 7) is 0. The normalized spacial score (nSPS) is 6.62. The summed E-state index contributed by atoms with van der Waals surface area (Å²) < 4.78 is 3.93. The monoisotopic (exact) mass is 117 g/mol. The first-order valence-electron chi connectivity index (χ1n) is 1.60. The predicted octanol–water partition coefficient (Wildman–Crippen LogP) is 0.995. The van der Waals surface area contributed by atoms with Crippen LogP contribution in [0.25, 0.3) is 10.4 Å². The van der Waals surface area contributed by atoms with E-state index < -0.39 is 6.16 Å². The van der Waals surface area contributed by atoms with Gasteiger partial charge in [0, 0.05) is 4.91 Å². The van der Waals surface area contributed by atoms with Crippen LogP contribution in [-0.2, 0) is 9.57 Å². The van der Waals surface area contributed by atoms with Crippen LogP contribution in [0.4, 0.5) is 4.79 Å². The number of methoxy groups -OCH3 is 1. The molecule has 0 N–H and O–H groups in total. The third-order valence-electron chi connectivity index (χ3n) is 0.319. The molecule has 0 radical (unpaired) electrons. The van der Waals surface area contributed by atoms with Gasteiger partial charge in [-0.25, -0.2) is 4.79 Å². The second-order valence-electron chi connectivity index (χ2n) is 0.717. The number of carbonyl (C=O) groups is 1. The van der Waals surface area contributed by atoms with Crippen molar-refractivity contribution in [1.29, 1.82) is 0 Å². The van der Waals surface area contributed by atoms with Crippen LogP contribution in [0.3, 0.4) is 0 Å². The number of ether oxygens (including phenoxy) is 1. The Kier molecular flexibility index (Phi) is 3.09. The minimum atomic E-state index is -1.03. The Balaban J connectivity index is 3.39. The van der Waals surface area contributed by atoms with E-state index in [0.29, 0.717) is 0 Å². The van der Waals surface area contributed by atoms with Gasteiger partial charge in [-0.05, 0) is 5.53 Å². The van der Waals surface area contributed by atoms with Gasteiger partial charge in [-0.2, -0.15) is 0 Å².